The van der Waals surface area contributed by atoms with E-state index in [1.807, 2.05) is 0 Å². The van der Waals surface area contributed by atoms with Crippen LogP contribution < -0.4 is 0 Å². The minimum absolute atomic E-state index is 0.0455. The van der Waals surface area contributed by atoms with Gasteiger partial charge in [-0.1, -0.05) is 282 Å². The number of ketones is 4. The minimum atomic E-state index is -2.49. The van der Waals surface area contributed by atoms with Crippen LogP contribution in [0.5, 0.6) is 0 Å². The van der Waals surface area contributed by atoms with E-state index in [2.05, 4.69) is 76.3 Å². The lowest BCUT2D eigenvalue weighted by molar-refractivity contribution is -0.167. The predicted octanol–water partition coefficient (Wildman–Crippen LogP) is 21.5. The lowest BCUT2D eigenvalue weighted by atomic mass is 9.82. The van der Waals surface area contributed by atoms with E-state index in [9.17, 15) is 59.4 Å². The monoisotopic (exact) mass is 1410 g/mol. The van der Waals surface area contributed by atoms with E-state index in [0.717, 1.165) is 128 Å². The van der Waals surface area contributed by atoms with E-state index in [1.54, 1.807) is 0 Å². The number of rotatable bonds is 70. The van der Waals surface area contributed by atoms with E-state index in [-0.39, 0.29) is 37.5 Å². The Labute approximate surface area is 611 Å². The molecule has 0 saturated heterocycles. The summed E-state index contributed by atoms with van der Waals surface area (Å²) in [4.78, 5) is 72.3. The molecule has 1 aliphatic carbocycles. The van der Waals surface area contributed by atoms with Crippen molar-refractivity contribution in [1.29, 1.82) is 0 Å². The number of carbonyl (C=O) groups is 6. The SMILES string of the molecule is CCCCCCCC/C=C\CCCCCCCC(=O)C(O)(C(=O)CCCCCCC/C=C\CCCCCCCC)C(O)CO.CCCCCCCC/C=C\CCCCCCCC(=O)C(O)(C(=O)CCCCCCC/C=C\CCCCCCCC)C(O)CO.O=C(O)C1CCC(C(=O)O)CC1. The first kappa shape index (κ1) is 98.4. The third-order valence-corrected chi connectivity index (χ3v) is 20.1. The van der Waals surface area contributed by atoms with Gasteiger partial charge in [0.05, 0.1) is 25.0 Å². The van der Waals surface area contributed by atoms with Gasteiger partial charge in [0.15, 0.2) is 23.1 Å². The number of carboxylic acids is 2. The zero-order valence-electron chi connectivity index (χ0n) is 64.8. The number of aliphatic carboxylic acids is 2. The van der Waals surface area contributed by atoms with Crippen molar-refractivity contribution in [3.8, 4) is 0 Å². The first-order valence-corrected chi connectivity index (χ1v) is 41.7. The number of hydrogen-bond acceptors (Lipinski definition) is 12. The van der Waals surface area contributed by atoms with E-state index < -0.39 is 71.7 Å². The van der Waals surface area contributed by atoms with Crippen molar-refractivity contribution in [3.63, 3.8) is 0 Å². The Morgan fingerprint density at radius 3 is 0.580 bits per heavy atom. The zero-order valence-corrected chi connectivity index (χ0v) is 64.8. The molecular formula is C86H156O14. The fraction of sp³-hybridized carbons (Fsp3) is 0.837. The molecule has 2 atom stereocenters. The normalized spacial score (nSPS) is 14.9. The molecule has 1 fully saturated rings. The highest BCUT2D eigenvalue weighted by Crippen LogP contribution is 2.29. The molecule has 8 N–H and O–H groups in total. The van der Waals surface area contributed by atoms with Gasteiger partial charge >= 0.3 is 11.9 Å². The molecule has 0 aromatic heterocycles. The Morgan fingerprint density at radius 1 is 0.280 bits per heavy atom. The molecule has 0 spiro atoms. The quantitative estimate of drug-likeness (QED) is 0.0160. The largest absolute Gasteiger partial charge is 0.481 e. The second-order valence-corrected chi connectivity index (χ2v) is 29.2. The van der Waals surface area contributed by atoms with Gasteiger partial charge in [0.1, 0.15) is 12.2 Å². The number of unbranched alkanes of at least 4 members (excludes halogenated alkanes) is 44. The summed E-state index contributed by atoms with van der Waals surface area (Å²) >= 11 is 0. The molecule has 0 bridgehead atoms. The van der Waals surface area contributed by atoms with Crippen LogP contribution in [-0.2, 0) is 28.8 Å². The number of Topliss-reactive ketones (excluding diaryl/α,β-unsaturated/α-hetero) is 4. The summed E-state index contributed by atoms with van der Waals surface area (Å²) in [6.45, 7) is 7.36. The average molecular weight is 1410 g/mol. The number of carboxylic acid groups (broad SMARTS) is 2. The molecular weight excluding hydrogens is 1260 g/mol. The van der Waals surface area contributed by atoms with E-state index in [0.29, 0.717) is 51.4 Å². The van der Waals surface area contributed by atoms with Gasteiger partial charge in [-0.3, -0.25) is 28.8 Å². The van der Waals surface area contributed by atoms with E-state index in [4.69, 9.17) is 10.2 Å². The van der Waals surface area contributed by atoms with E-state index >= 15 is 0 Å². The molecule has 14 nitrogen and oxygen atoms in total. The van der Waals surface area contributed by atoms with Gasteiger partial charge in [-0.2, -0.15) is 0 Å². The second kappa shape index (κ2) is 72.3. The van der Waals surface area contributed by atoms with Crippen molar-refractivity contribution < 1.29 is 69.6 Å². The van der Waals surface area contributed by atoms with Crippen molar-refractivity contribution >= 4 is 35.1 Å². The van der Waals surface area contributed by atoms with Crippen LogP contribution >= 0.6 is 0 Å². The highest BCUT2D eigenvalue weighted by molar-refractivity contribution is 6.11. The Balaban J connectivity index is 0. The van der Waals surface area contributed by atoms with Crippen molar-refractivity contribution in [2.24, 2.45) is 11.8 Å². The molecule has 584 valence electrons. The van der Waals surface area contributed by atoms with Gasteiger partial charge < -0.3 is 40.9 Å². The molecule has 1 aliphatic rings. The van der Waals surface area contributed by atoms with Gasteiger partial charge in [-0.15, -0.1) is 0 Å². The highest BCUT2D eigenvalue weighted by atomic mass is 16.4. The smallest absolute Gasteiger partial charge is 0.306 e. The molecule has 0 aliphatic heterocycles. The molecule has 0 heterocycles. The maximum Gasteiger partial charge on any atom is 0.306 e. The second-order valence-electron chi connectivity index (χ2n) is 29.2. The third kappa shape index (κ3) is 54.9. The summed E-state index contributed by atoms with van der Waals surface area (Å²) in [5.41, 5.74) is -4.98. The minimum Gasteiger partial charge on any atom is -0.481 e. The number of allylic oxidation sites excluding steroid dienone is 8. The average Bonchev–Trinajstić information content (AvgIpc) is 0.817. The molecule has 0 aromatic carbocycles. The molecule has 0 radical (unpaired) electrons. The summed E-state index contributed by atoms with van der Waals surface area (Å²) in [6, 6.07) is 0. The van der Waals surface area contributed by atoms with Crippen LogP contribution in [-0.4, -0.2) is 113 Å². The van der Waals surface area contributed by atoms with Crippen LogP contribution in [0.25, 0.3) is 0 Å². The first-order valence-electron chi connectivity index (χ1n) is 41.7. The Bertz CT molecular complexity index is 1790. The van der Waals surface area contributed by atoms with Crippen molar-refractivity contribution in [2.75, 3.05) is 13.2 Å². The summed E-state index contributed by atoms with van der Waals surface area (Å²) in [6.07, 6.45) is 76.6. The number of hydrogen-bond donors (Lipinski definition) is 8. The number of aliphatic hydroxyl groups excluding tert-OH is 4. The summed E-state index contributed by atoms with van der Waals surface area (Å²) < 4.78 is 0. The molecule has 2 unspecified atom stereocenters. The topological polar surface area (TPSA) is 264 Å². The van der Waals surface area contributed by atoms with Gasteiger partial charge in [0.2, 0.25) is 11.2 Å². The fourth-order valence-corrected chi connectivity index (χ4v) is 13.1. The summed E-state index contributed by atoms with van der Waals surface area (Å²) in [7, 11) is 0. The van der Waals surface area contributed by atoms with Crippen molar-refractivity contribution in [2.45, 2.75) is 436 Å². The predicted molar refractivity (Wildman–Crippen MR) is 415 cm³/mol. The number of carbonyl (C=O) groups excluding carboxylic acids is 4. The van der Waals surface area contributed by atoms with Crippen LogP contribution in [0.4, 0.5) is 0 Å². The lowest BCUT2D eigenvalue weighted by Gasteiger charge is -2.29. The molecule has 0 aromatic rings. The third-order valence-electron chi connectivity index (χ3n) is 20.1. The van der Waals surface area contributed by atoms with Gasteiger partial charge in [-0.25, -0.2) is 0 Å². The molecule has 14 heteroatoms. The molecule has 1 rings (SSSR count). The Hall–Kier alpha value is -3.66. The van der Waals surface area contributed by atoms with Crippen LogP contribution in [0, 0.1) is 11.8 Å². The lowest BCUT2D eigenvalue weighted by Crippen LogP contribution is -2.57. The molecule has 1 saturated carbocycles. The van der Waals surface area contributed by atoms with Crippen LogP contribution in [0.3, 0.4) is 0 Å². The van der Waals surface area contributed by atoms with Gasteiger partial charge in [-0.05, 0) is 154 Å². The van der Waals surface area contributed by atoms with E-state index in [1.165, 1.54) is 180 Å². The van der Waals surface area contributed by atoms with Crippen LogP contribution in [0.1, 0.15) is 413 Å². The Kier molecular flexibility index (Phi) is 71.1. The van der Waals surface area contributed by atoms with Crippen molar-refractivity contribution in [1.82, 2.24) is 0 Å². The molecule has 0 amide bonds. The zero-order chi connectivity index (χ0) is 74.3. The maximum atomic E-state index is 12.8. The first-order chi connectivity index (χ1) is 48.5. The van der Waals surface area contributed by atoms with Gasteiger partial charge in [0, 0.05) is 25.7 Å². The number of aliphatic hydroxyl groups is 6. The Morgan fingerprint density at radius 2 is 0.430 bits per heavy atom. The standard InChI is InChI=1S/2C39H72O5.C8H12O4/c2*1-3-5-7-9-11-13-15-17-19-21-23-25-27-29-31-33-36(41)39(44,38(43)35-40)37(42)34-32-30-28-26-24-22-20-18-16-14-12-10-8-6-4-2;9-7(10)5-1-2-6(4-3-5)8(11)12/h2*17-20,38,40,43-44H,3-16,21-35H2,1-2H3;5-6H,1-4H2,(H,9,10)(H,11,12)/b2*19-17-,20-18-;. The summed E-state index contributed by atoms with van der Waals surface area (Å²) in [5, 5.41) is 78.4. The fourth-order valence-electron chi connectivity index (χ4n) is 13.1. The summed E-state index contributed by atoms with van der Waals surface area (Å²) in [5.74, 6) is -4.86. The highest BCUT2D eigenvalue weighted by Gasteiger charge is 2.49. The maximum absolute atomic E-state index is 12.8. The van der Waals surface area contributed by atoms with Crippen LogP contribution in [0.15, 0.2) is 48.6 Å². The van der Waals surface area contributed by atoms with Crippen molar-refractivity contribution in [3.05, 3.63) is 48.6 Å². The van der Waals surface area contributed by atoms with Crippen LogP contribution in [0.2, 0.25) is 0 Å². The molecule has 100 heavy (non-hydrogen) atoms. The van der Waals surface area contributed by atoms with Gasteiger partial charge in [0.25, 0.3) is 0 Å².